The fourth-order valence-electron chi connectivity index (χ4n) is 1.27. The quantitative estimate of drug-likeness (QED) is 0.489. The molecule has 0 aromatic rings. The molecule has 0 aromatic heterocycles. The summed E-state index contributed by atoms with van der Waals surface area (Å²) < 4.78 is 0. The fraction of sp³-hybridized carbons (Fsp3) is 0.727. The number of carbonyl (C=O) groups is 3. The van der Waals surface area contributed by atoms with Crippen molar-refractivity contribution in [3.63, 3.8) is 0 Å². The van der Waals surface area contributed by atoms with Crippen LogP contribution in [0.1, 0.15) is 26.7 Å². The first-order valence-electron chi connectivity index (χ1n) is 5.99. The second-order valence-electron chi connectivity index (χ2n) is 3.92. The molecule has 0 aromatic carbocycles. The minimum atomic E-state index is -1.12. The van der Waals surface area contributed by atoms with Crippen molar-refractivity contribution >= 4 is 17.9 Å². The molecule has 0 aliphatic heterocycles. The van der Waals surface area contributed by atoms with Crippen molar-refractivity contribution in [2.75, 3.05) is 19.6 Å². The van der Waals surface area contributed by atoms with Crippen LogP contribution in [0.15, 0.2) is 0 Å². The molecule has 7 heteroatoms. The second-order valence-corrected chi connectivity index (χ2v) is 3.92. The van der Waals surface area contributed by atoms with Crippen molar-refractivity contribution in [1.29, 1.82) is 0 Å². The number of hydrogen-bond donors (Lipinski definition) is 4. The Morgan fingerprint density at radius 3 is 2.11 bits per heavy atom. The first-order chi connectivity index (χ1) is 8.49. The standard InChI is InChI=1S/C11H21N3O4/c1-3-8(4-2)5-13-11(18)14-6-9(15)12-7-10(16)17/h8H,3-7H2,1-2H3,(H,12,15)(H,16,17)(H2,13,14,18). The van der Waals surface area contributed by atoms with Crippen LogP contribution in [0.3, 0.4) is 0 Å². The number of hydrogen-bond acceptors (Lipinski definition) is 3. The molecule has 0 bridgehead atoms. The highest BCUT2D eigenvalue weighted by Crippen LogP contribution is 2.04. The smallest absolute Gasteiger partial charge is 0.322 e. The maximum absolute atomic E-state index is 11.3. The van der Waals surface area contributed by atoms with E-state index in [0.29, 0.717) is 12.5 Å². The van der Waals surface area contributed by atoms with E-state index >= 15 is 0 Å². The SMILES string of the molecule is CCC(CC)CNC(=O)NCC(=O)NCC(=O)O. The highest BCUT2D eigenvalue weighted by Gasteiger charge is 2.08. The van der Waals surface area contributed by atoms with Crippen molar-refractivity contribution in [1.82, 2.24) is 16.0 Å². The molecule has 104 valence electrons. The summed E-state index contributed by atoms with van der Waals surface area (Å²) in [6.45, 7) is 3.98. The van der Waals surface area contributed by atoms with Crippen LogP contribution in [0.25, 0.3) is 0 Å². The predicted octanol–water partition coefficient (Wildman–Crippen LogP) is -0.0774. The maximum Gasteiger partial charge on any atom is 0.322 e. The summed E-state index contributed by atoms with van der Waals surface area (Å²) in [6, 6.07) is -0.424. The molecule has 0 atom stereocenters. The lowest BCUT2D eigenvalue weighted by Gasteiger charge is -2.13. The summed E-state index contributed by atoms with van der Waals surface area (Å²) in [5, 5.41) is 15.5. The van der Waals surface area contributed by atoms with E-state index in [1.807, 2.05) is 13.8 Å². The Kier molecular flexibility index (Phi) is 8.34. The number of urea groups is 1. The Morgan fingerprint density at radius 2 is 1.61 bits per heavy atom. The number of aliphatic carboxylic acids is 1. The molecule has 0 saturated heterocycles. The summed E-state index contributed by atoms with van der Waals surface area (Å²) >= 11 is 0. The van der Waals surface area contributed by atoms with Crippen LogP contribution in [-0.2, 0) is 9.59 Å². The number of nitrogens with one attached hydrogen (secondary N) is 3. The molecular weight excluding hydrogens is 238 g/mol. The largest absolute Gasteiger partial charge is 0.480 e. The van der Waals surface area contributed by atoms with Crippen LogP contribution >= 0.6 is 0 Å². The van der Waals surface area contributed by atoms with Gasteiger partial charge in [-0.1, -0.05) is 26.7 Å². The van der Waals surface area contributed by atoms with Gasteiger partial charge in [0.15, 0.2) is 0 Å². The summed E-state index contributed by atoms with van der Waals surface area (Å²) in [4.78, 5) is 32.6. The van der Waals surface area contributed by atoms with E-state index in [0.717, 1.165) is 12.8 Å². The molecule has 0 saturated carbocycles. The van der Waals surface area contributed by atoms with Gasteiger partial charge < -0.3 is 21.1 Å². The zero-order chi connectivity index (χ0) is 14.0. The molecule has 7 nitrogen and oxygen atoms in total. The van der Waals surface area contributed by atoms with Gasteiger partial charge in [0.25, 0.3) is 0 Å². The van der Waals surface area contributed by atoms with Gasteiger partial charge in [-0.05, 0) is 5.92 Å². The number of rotatable bonds is 8. The van der Waals surface area contributed by atoms with Crippen molar-refractivity contribution in [3.8, 4) is 0 Å². The van der Waals surface area contributed by atoms with Gasteiger partial charge in [0.1, 0.15) is 6.54 Å². The lowest BCUT2D eigenvalue weighted by molar-refractivity contribution is -0.137. The van der Waals surface area contributed by atoms with Crippen LogP contribution < -0.4 is 16.0 Å². The van der Waals surface area contributed by atoms with E-state index in [2.05, 4.69) is 16.0 Å². The van der Waals surface area contributed by atoms with Crippen LogP contribution in [0.2, 0.25) is 0 Å². The molecule has 0 aliphatic rings. The zero-order valence-corrected chi connectivity index (χ0v) is 10.8. The van der Waals surface area contributed by atoms with E-state index in [9.17, 15) is 14.4 Å². The van der Waals surface area contributed by atoms with Gasteiger partial charge in [0.2, 0.25) is 5.91 Å². The Morgan fingerprint density at radius 1 is 1.00 bits per heavy atom. The van der Waals surface area contributed by atoms with E-state index < -0.39 is 24.5 Å². The predicted molar refractivity (Wildman–Crippen MR) is 66.1 cm³/mol. The van der Waals surface area contributed by atoms with Gasteiger partial charge >= 0.3 is 12.0 Å². The number of amides is 3. The third-order valence-corrected chi connectivity index (χ3v) is 2.55. The minimum absolute atomic E-state index is 0.234. The Labute approximate surface area is 106 Å². The summed E-state index contributed by atoms with van der Waals surface area (Å²) in [5.41, 5.74) is 0. The van der Waals surface area contributed by atoms with Gasteiger partial charge in [-0.2, -0.15) is 0 Å². The van der Waals surface area contributed by atoms with Crippen molar-refractivity contribution < 1.29 is 19.5 Å². The summed E-state index contributed by atoms with van der Waals surface area (Å²) in [7, 11) is 0. The minimum Gasteiger partial charge on any atom is -0.480 e. The molecule has 0 radical (unpaired) electrons. The van der Waals surface area contributed by atoms with Gasteiger partial charge in [0.05, 0.1) is 6.54 Å². The van der Waals surface area contributed by atoms with Gasteiger partial charge in [-0.15, -0.1) is 0 Å². The van der Waals surface area contributed by atoms with Gasteiger partial charge in [-0.3, -0.25) is 9.59 Å². The van der Waals surface area contributed by atoms with Crippen LogP contribution in [0, 0.1) is 5.92 Å². The normalized spacial score (nSPS) is 9.94. The molecule has 0 unspecified atom stereocenters. The molecule has 18 heavy (non-hydrogen) atoms. The Balaban J connectivity index is 3.69. The van der Waals surface area contributed by atoms with Gasteiger partial charge in [-0.25, -0.2) is 4.79 Å². The zero-order valence-electron chi connectivity index (χ0n) is 10.8. The number of carbonyl (C=O) groups excluding carboxylic acids is 2. The van der Waals surface area contributed by atoms with Gasteiger partial charge in [0, 0.05) is 6.54 Å². The molecule has 0 aliphatic carbocycles. The van der Waals surface area contributed by atoms with Crippen molar-refractivity contribution in [2.24, 2.45) is 5.92 Å². The topological polar surface area (TPSA) is 108 Å². The van der Waals surface area contributed by atoms with Crippen LogP contribution in [0.4, 0.5) is 4.79 Å². The third-order valence-electron chi connectivity index (χ3n) is 2.55. The summed E-state index contributed by atoms with van der Waals surface area (Å²) in [6.07, 6.45) is 1.96. The monoisotopic (exact) mass is 259 g/mol. The first kappa shape index (κ1) is 16.2. The molecule has 0 spiro atoms. The highest BCUT2D eigenvalue weighted by atomic mass is 16.4. The Hall–Kier alpha value is -1.79. The number of carboxylic acid groups (broad SMARTS) is 1. The van der Waals surface area contributed by atoms with Crippen LogP contribution in [0.5, 0.6) is 0 Å². The average Bonchev–Trinajstić information content (AvgIpc) is 2.35. The van der Waals surface area contributed by atoms with Crippen molar-refractivity contribution in [2.45, 2.75) is 26.7 Å². The van der Waals surface area contributed by atoms with Crippen molar-refractivity contribution in [3.05, 3.63) is 0 Å². The highest BCUT2D eigenvalue weighted by molar-refractivity contribution is 5.86. The molecular formula is C11H21N3O4. The van der Waals surface area contributed by atoms with E-state index in [1.54, 1.807) is 0 Å². The summed E-state index contributed by atoms with van der Waals surface area (Å²) in [5.74, 6) is -1.23. The first-order valence-corrected chi connectivity index (χ1v) is 5.99. The van der Waals surface area contributed by atoms with Crippen LogP contribution in [-0.4, -0.2) is 42.6 Å². The van der Waals surface area contributed by atoms with E-state index in [1.165, 1.54) is 0 Å². The Bertz CT molecular complexity index is 290. The molecule has 0 rings (SSSR count). The maximum atomic E-state index is 11.3. The lowest BCUT2D eigenvalue weighted by atomic mass is 10.0. The lowest BCUT2D eigenvalue weighted by Crippen LogP contribution is -2.44. The average molecular weight is 259 g/mol. The van der Waals surface area contributed by atoms with E-state index in [-0.39, 0.29) is 6.54 Å². The molecule has 0 heterocycles. The fourth-order valence-corrected chi connectivity index (χ4v) is 1.27. The molecule has 4 N–H and O–H groups in total. The number of carboxylic acids is 1. The third kappa shape index (κ3) is 8.37. The molecule has 0 fully saturated rings. The second kappa shape index (κ2) is 9.26. The molecule has 3 amide bonds. The van der Waals surface area contributed by atoms with E-state index in [4.69, 9.17) is 5.11 Å².